The Kier molecular flexibility index (Phi) is 39.1. The molecule has 0 unspecified atom stereocenters. The van der Waals surface area contributed by atoms with E-state index in [1.807, 2.05) is 6.92 Å². The fraction of sp³-hybridized carbons (Fsp3) is 1.00. The van der Waals surface area contributed by atoms with Crippen LogP contribution in [0.25, 0.3) is 0 Å². The van der Waals surface area contributed by atoms with Crippen LogP contribution in [0.3, 0.4) is 0 Å². The molecule has 10 heteroatoms. The summed E-state index contributed by atoms with van der Waals surface area (Å²) in [6.45, 7) is 12.9. The van der Waals surface area contributed by atoms with Crippen molar-refractivity contribution in [2.45, 2.75) is 39.5 Å². The van der Waals surface area contributed by atoms with E-state index in [-0.39, 0.29) is 13.2 Å². The molecule has 0 saturated heterocycles. The van der Waals surface area contributed by atoms with E-state index < -0.39 is 0 Å². The summed E-state index contributed by atoms with van der Waals surface area (Å²) in [5.74, 6) is 0. The van der Waals surface area contributed by atoms with Gasteiger partial charge >= 0.3 is 0 Å². The second kappa shape index (κ2) is 37.2. The van der Waals surface area contributed by atoms with E-state index in [1.54, 1.807) is 0 Å². The van der Waals surface area contributed by atoms with Gasteiger partial charge in [0.05, 0.1) is 106 Å². The van der Waals surface area contributed by atoms with E-state index in [2.05, 4.69) is 6.92 Å². The first-order valence-electron chi connectivity index (χ1n) is 12.7. The van der Waals surface area contributed by atoms with Crippen LogP contribution in [-0.2, 0) is 37.9 Å². The molecule has 0 aromatic carbocycles. The summed E-state index contributed by atoms with van der Waals surface area (Å²) in [5, 5.41) is 17.0. The van der Waals surface area contributed by atoms with Gasteiger partial charge in [0.1, 0.15) is 0 Å². The Morgan fingerprint density at radius 3 is 0.941 bits per heavy atom. The lowest BCUT2D eigenvalue weighted by molar-refractivity contribution is -0.0223. The quantitative estimate of drug-likeness (QED) is 0.154. The molecule has 208 valence electrons. The second-order valence-corrected chi connectivity index (χ2v) is 6.99. The summed E-state index contributed by atoms with van der Waals surface area (Å²) in [6.07, 6.45) is 5.23. The van der Waals surface area contributed by atoms with E-state index in [0.29, 0.717) is 92.5 Å². The van der Waals surface area contributed by atoms with Crippen LogP contribution in [0.2, 0.25) is 0 Å². The average Bonchev–Trinajstić information content (AvgIpc) is 2.85. The number of aliphatic hydroxyl groups is 2. The third kappa shape index (κ3) is 38.8. The van der Waals surface area contributed by atoms with E-state index in [4.69, 9.17) is 48.1 Å². The molecule has 0 amide bonds. The Bertz CT molecular complexity index is 296. The predicted octanol–water partition coefficient (Wildman–Crippen LogP) is 1.69. The Balaban J connectivity index is 0. The highest BCUT2D eigenvalue weighted by Crippen LogP contribution is 1.98. The SMILES string of the molecule is CCCCCCOCC.OCCOCCOCCOCCOCCOCCOCCOCCO. The van der Waals surface area contributed by atoms with E-state index >= 15 is 0 Å². The number of hydrogen-bond donors (Lipinski definition) is 2. The molecule has 0 aromatic heterocycles. The van der Waals surface area contributed by atoms with Crippen molar-refractivity contribution in [2.24, 2.45) is 0 Å². The maximum absolute atomic E-state index is 8.50. The predicted molar refractivity (Wildman–Crippen MR) is 131 cm³/mol. The summed E-state index contributed by atoms with van der Waals surface area (Å²) >= 11 is 0. The Morgan fingerprint density at radius 1 is 0.353 bits per heavy atom. The summed E-state index contributed by atoms with van der Waals surface area (Å²) < 4.78 is 41.9. The molecule has 0 aromatic rings. The molecule has 34 heavy (non-hydrogen) atoms. The highest BCUT2D eigenvalue weighted by Gasteiger charge is 1.94. The number of ether oxygens (including phenoxy) is 8. The maximum atomic E-state index is 8.50. The monoisotopic (exact) mass is 500 g/mol. The molecule has 0 atom stereocenters. The highest BCUT2D eigenvalue weighted by atomic mass is 16.6. The largest absolute Gasteiger partial charge is 0.394 e. The van der Waals surface area contributed by atoms with Crippen molar-refractivity contribution in [3.63, 3.8) is 0 Å². The first-order valence-corrected chi connectivity index (χ1v) is 12.7. The number of hydrogen-bond acceptors (Lipinski definition) is 10. The standard InChI is InChI=1S/C16H34O9.C8H18O/c17-1-3-19-5-7-21-9-11-23-13-15-25-16-14-24-12-10-22-8-6-20-4-2-18;1-3-5-6-7-8-9-4-2/h17-18H,1-16H2;3-8H2,1-2H3. The van der Waals surface area contributed by atoms with E-state index in [1.165, 1.54) is 25.7 Å². The number of rotatable bonds is 28. The van der Waals surface area contributed by atoms with Gasteiger partial charge in [0, 0.05) is 13.2 Å². The molecule has 0 heterocycles. The molecular formula is C24H52O10. The van der Waals surface area contributed by atoms with Crippen molar-refractivity contribution in [2.75, 3.05) is 119 Å². The van der Waals surface area contributed by atoms with Gasteiger partial charge in [-0.05, 0) is 13.3 Å². The van der Waals surface area contributed by atoms with Gasteiger partial charge in [0.25, 0.3) is 0 Å². The zero-order valence-electron chi connectivity index (χ0n) is 21.7. The van der Waals surface area contributed by atoms with Gasteiger partial charge in [0.15, 0.2) is 0 Å². The van der Waals surface area contributed by atoms with Crippen LogP contribution in [0.15, 0.2) is 0 Å². The van der Waals surface area contributed by atoms with Crippen molar-refractivity contribution in [1.82, 2.24) is 0 Å². The van der Waals surface area contributed by atoms with Gasteiger partial charge in [-0.3, -0.25) is 0 Å². The summed E-state index contributed by atoms with van der Waals surface area (Å²) in [7, 11) is 0. The van der Waals surface area contributed by atoms with Gasteiger partial charge in [-0.15, -0.1) is 0 Å². The molecule has 0 radical (unpaired) electrons. The minimum absolute atomic E-state index is 0.0312. The first kappa shape index (κ1) is 35.8. The third-order valence-corrected chi connectivity index (χ3v) is 4.05. The maximum Gasteiger partial charge on any atom is 0.0701 e. The molecule has 0 spiro atoms. The Morgan fingerprint density at radius 2 is 0.676 bits per heavy atom. The molecule has 0 aliphatic rings. The molecule has 0 aliphatic carbocycles. The van der Waals surface area contributed by atoms with Gasteiger partial charge in [-0.1, -0.05) is 26.2 Å². The molecule has 0 fully saturated rings. The van der Waals surface area contributed by atoms with Gasteiger partial charge in [0.2, 0.25) is 0 Å². The minimum atomic E-state index is 0.0312. The lowest BCUT2D eigenvalue weighted by Crippen LogP contribution is -2.14. The molecule has 0 bridgehead atoms. The molecule has 0 rings (SSSR count). The smallest absolute Gasteiger partial charge is 0.0701 e. The fourth-order valence-electron chi connectivity index (χ4n) is 2.33. The van der Waals surface area contributed by atoms with Gasteiger partial charge in [-0.25, -0.2) is 0 Å². The molecule has 0 saturated carbocycles. The molecule has 2 N–H and O–H groups in total. The normalized spacial score (nSPS) is 10.9. The Labute approximate surface area is 207 Å². The molecule has 0 aliphatic heterocycles. The van der Waals surface area contributed by atoms with Crippen LogP contribution < -0.4 is 0 Å². The average molecular weight is 501 g/mol. The summed E-state index contributed by atoms with van der Waals surface area (Å²) in [6, 6.07) is 0. The zero-order valence-corrected chi connectivity index (χ0v) is 21.7. The van der Waals surface area contributed by atoms with Crippen molar-refractivity contribution < 1.29 is 48.1 Å². The first-order chi connectivity index (χ1) is 16.8. The summed E-state index contributed by atoms with van der Waals surface area (Å²) in [4.78, 5) is 0. The van der Waals surface area contributed by atoms with E-state index in [0.717, 1.165) is 13.2 Å². The van der Waals surface area contributed by atoms with Gasteiger partial charge in [-0.2, -0.15) is 0 Å². The number of unbranched alkanes of at least 4 members (excludes halogenated alkanes) is 3. The van der Waals surface area contributed by atoms with Crippen molar-refractivity contribution in [3.05, 3.63) is 0 Å². The molecule has 10 nitrogen and oxygen atoms in total. The summed E-state index contributed by atoms with van der Waals surface area (Å²) in [5.41, 5.74) is 0. The third-order valence-electron chi connectivity index (χ3n) is 4.05. The fourth-order valence-corrected chi connectivity index (χ4v) is 2.33. The second-order valence-electron chi connectivity index (χ2n) is 6.99. The van der Waals surface area contributed by atoms with Crippen LogP contribution in [0.5, 0.6) is 0 Å². The number of aliphatic hydroxyl groups excluding tert-OH is 2. The van der Waals surface area contributed by atoms with Crippen molar-refractivity contribution in [3.8, 4) is 0 Å². The van der Waals surface area contributed by atoms with Crippen LogP contribution in [0, 0.1) is 0 Å². The van der Waals surface area contributed by atoms with E-state index in [9.17, 15) is 0 Å². The molecular weight excluding hydrogens is 448 g/mol. The lowest BCUT2D eigenvalue weighted by atomic mass is 10.2. The zero-order chi connectivity index (χ0) is 25.2. The lowest BCUT2D eigenvalue weighted by Gasteiger charge is -2.08. The van der Waals surface area contributed by atoms with Gasteiger partial charge < -0.3 is 48.1 Å². The Hall–Kier alpha value is -0.400. The van der Waals surface area contributed by atoms with Crippen LogP contribution in [0.4, 0.5) is 0 Å². The highest BCUT2D eigenvalue weighted by molar-refractivity contribution is 4.38. The van der Waals surface area contributed by atoms with Crippen molar-refractivity contribution in [1.29, 1.82) is 0 Å². The van der Waals surface area contributed by atoms with Crippen LogP contribution >= 0.6 is 0 Å². The minimum Gasteiger partial charge on any atom is -0.394 e. The van der Waals surface area contributed by atoms with Crippen molar-refractivity contribution >= 4 is 0 Å². The van der Waals surface area contributed by atoms with Crippen LogP contribution in [0.1, 0.15) is 39.5 Å². The topological polar surface area (TPSA) is 114 Å². The van der Waals surface area contributed by atoms with Crippen LogP contribution in [-0.4, -0.2) is 129 Å².